The molecule has 0 fully saturated rings. The van der Waals surface area contributed by atoms with Crippen LogP contribution < -0.4 is 5.19 Å². The fraction of sp³-hybridized carbons (Fsp3) is 0.562. The van der Waals surface area contributed by atoms with Crippen LogP contribution in [0.15, 0.2) is 30.3 Å². The second-order valence-corrected chi connectivity index (χ2v) is 10.5. The largest absolute Gasteiger partial charge is 0.303 e. The molecule has 0 aliphatic heterocycles. The van der Waals surface area contributed by atoms with Gasteiger partial charge in [-0.1, -0.05) is 81.2 Å². The van der Waals surface area contributed by atoms with Crippen molar-refractivity contribution in [2.45, 2.75) is 57.7 Å². The first-order valence-corrected chi connectivity index (χ1v) is 10.2. The summed E-state index contributed by atoms with van der Waals surface area (Å²) in [5.74, 6) is 0. The molecule has 0 amide bonds. The summed E-state index contributed by atoms with van der Waals surface area (Å²) < 4.78 is 0. The number of rotatable bonds is 8. The van der Waals surface area contributed by atoms with Gasteiger partial charge in [0.1, 0.15) is 6.29 Å². The number of carbonyl (C=O) groups excluding carboxylic acids is 1. The van der Waals surface area contributed by atoms with Crippen molar-refractivity contribution in [3.63, 3.8) is 0 Å². The third kappa shape index (κ3) is 4.09. The summed E-state index contributed by atoms with van der Waals surface area (Å²) in [4.78, 5) is 10.9. The second-order valence-electron chi connectivity index (χ2n) is 5.68. The van der Waals surface area contributed by atoms with Crippen molar-refractivity contribution in [3.8, 4) is 0 Å². The highest BCUT2D eigenvalue weighted by atomic mass is 28.3. The fourth-order valence-corrected chi connectivity index (χ4v) is 5.77. The summed E-state index contributed by atoms with van der Waals surface area (Å²) in [6.07, 6.45) is 6.86. The van der Waals surface area contributed by atoms with Crippen LogP contribution in [0.5, 0.6) is 0 Å². The van der Waals surface area contributed by atoms with Crippen LogP contribution in [0, 0.1) is 0 Å². The molecule has 1 atom stereocenters. The van der Waals surface area contributed by atoms with E-state index in [4.69, 9.17) is 0 Å². The molecule has 0 aromatic heterocycles. The van der Waals surface area contributed by atoms with Crippen LogP contribution in [0.4, 0.5) is 0 Å². The molecule has 0 saturated heterocycles. The lowest BCUT2D eigenvalue weighted by atomic mass is 10.1. The molecule has 0 bridgehead atoms. The average Bonchev–Trinajstić information content (AvgIpc) is 2.39. The molecule has 2 heteroatoms. The molecule has 18 heavy (non-hydrogen) atoms. The normalized spacial score (nSPS) is 13.3. The minimum Gasteiger partial charge on any atom is -0.303 e. The zero-order valence-corrected chi connectivity index (χ0v) is 13.0. The molecule has 1 nitrogen and oxygen atoms in total. The van der Waals surface area contributed by atoms with Crippen LogP contribution in [-0.4, -0.2) is 14.4 Å². The molecule has 0 N–H and O–H groups in total. The van der Waals surface area contributed by atoms with Crippen LogP contribution in [0.2, 0.25) is 18.6 Å². The molecule has 100 valence electrons. The number of hydrogen-bond donors (Lipinski definition) is 0. The highest BCUT2D eigenvalue weighted by molar-refractivity contribution is 6.91. The first kappa shape index (κ1) is 15.2. The van der Waals surface area contributed by atoms with Gasteiger partial charge < -0.3 is 4.79 Å². The Morgan fingerprint density at radius 1 is 1.17 bits per heavy atom. The minimum atomic E-state index is -1.51. The van der Waals surface area contributed by atoms with Crippen LogP contribution in [-0.2, 0) is 4.79 Å². The van der Waals surface area contributed by atoms with Crippen LogP contribution >= 0.6 is 0 Å². The number of benzene rings is 1. The van der Waals surface area contributed by atoms with Crippen LogP contribution in [0.3, 0.4) is 0 Å². The Kier molecular flexibility index (Phi) is 6.34. The zero-order chi connectivity index (χ0) is 13.4. The molecule has 0 unspecified atom stereocenters. The van der Waals surface area contributed by atoms with Gasteiger partial charge in [-0.05, 0) is 5.54 Å². The van der Waals surface area contributed by atoms with Gasteiger partial charge in [0.15, 0.2) is 0 Å². The Labute approximate surface area is 113 Å². The quantitative estimate of drug-likeness (QED) is 0.391. The summed E-state index contributed by atoms with van der Waals surface area (Å²) in [5.41, 5.74) is 0.587. The Bertz CT molecular complexity index is 345. The topological polar surface area (TPSA) is 17.1 Å². The molecule has 0 radical (unpaired) electrons. The van der Waals surface area contributed by atoms with Gasteiger partial charge in [-0.3, -0.25) is 0 Å². The van der Waals surface area contributed by atoms with Gasteiger partial charge in [0.05, 0.1) is 8.07 Å². The molecule has 0 aliphatic rings. The van der Waals surface area contributed by atoms with Crippen molar-refractivity contribution in [1.29, 1.82) is 0 Å². The van der Waals surface area contributed by atoms with Gasteiger partial charge in [0.2, 0.25) is 0 Å². The SMILES string of the molecule is CCCCC[C@@H](CC=O)[Si](C)(C)c1ccccc1. The first-order chi connectivity index (χ1) is 8.62. The summed E-state index contributed by atoms with van der Waals surface area (Å²) in [6.45, 7) is 7.04. The van der Waals surface area contributed by atoms with Crippen molar-refractivity contribution >= 4 is 19.5 Å². The lowest BCUT2D eigenvalue weighted by Crippen LogP contribution is -2.46. The highest BCUT2D eigenvalue weighted by Gasteiger charge is 2.32. The van der Waals surface area contributed by atoms with E-state index in [0.717, 1.165) is 12.7 Å². The minimum absolute atomic E-state index is 0.587. The summed E-state index contributed by atoms with van der Waals surface area (Å²) >= 11 is 0. The third-order valence-corrected chi connectivity index (χ3v) is 8.46. The van der Waals surface area contributed by atoms with Crippen molar-refractivity contribution in [2.24, 2.45) is 0 Å². The van der Waals surface area contributed by atoms with Crippen molar-refractivity contribution in [2.75, 3.05) is 0 Å². The number of hydrogen-bond acceptors (Lipinski definition) is 1. The van der Waals surface area contributed by atoms with E-state index < -0.39 is 8.07 Å². The summed E-state index contributed by atoms with van der Waals surface area (Å²) in [5, 5.41) is 1.48. The van der Waals surface area contributed by atoms with Crippen molar-refractivity contribution in [3.05, 3.63) is 30.3 Å². The zero-order valence-electron chi connectivity index (χ0n) is 12.0. The fourth-order valence-electron chi connectivity index (χ4n) is 2.63. The molecule has 1 aromatic rings. The van der Waals surface area contributed by atoms with E-state index in [9.17, 15) is 4.79 Å². The van der Waals surface area contributed by atoms with Gasteiger partial charge in [0.25, 0.3) is 0 Å². The molecule has 0 aliphatic carbocycles. The molecule has 1 rings (SSSR count). The van der Waals surface area contributed by atoms with Gasteiger partial charge >= 0.3 is 0 Å². The lowest BCUT2D eigenvalue weighted by molar-refractivity contribution is -0.107. The van der Waals surface area contributed by atoms with E-state index in [1.165, 1.54) is 30.9 Å². The maximum atomic E-state index is 10.9. The molecule has 0 heterocycles. The Morgan fingerprint density at radius 3 is 2.39 bits per heavy atom. The van der Waals surface area contributed by atoms with Crippen LogP contribution in [0.1, 0.15) is 39.0 Å². The predicted molar refractivity (Wildman–Crippen MR) is 82.1 cm³/mol. The molecular formula is C16H26OSi. The van der Waals surface area contributed by atoms with E-state index in [1.54, 1.807) is 0 Å². The Hall–Kier alpha value is -0.893. The van der Waals surface area contributed by atoms with Gasteiger partial charge in [0, 0.05) is 6.42 Å². The molecule has 0 spiro atoms. The number of carbonyl (C=O) groups is 1. The smallest absolute Gasteiger partial charge is 0.119 e. The number of unbranched alkanes of at least 4 members (excludes halogenated alkanes) is 2. The summed E-state index contributed by atoms with van der Waals surface area (Å²) in [7, 11) is -1.51. The van der Waals surface area contributed by atoms with Gasteiger partial charge in [-0.25, -0.2) is 0 Å². The monoisotopic (exact) mass is 262 g/mol. The van der Waals surface area contributed by atoms with Crippen molar-refractivity contribution in [1.82, 2.24) is 0 Å². The first-order valence-electron chi connectivity index (χ1n) is 7.12. The Morgan fingerprint density at radius 2 is 1.83 bits per heavy atom. The molecule has 1 aromatic carbocycles. The van der Waals surface area contributed by atoms with Gasteiger partial charge in [-0.2, -0.15) is 0 Å². The number of aldehydes is 1. The third-order valence-electron chi connectivity index (χ3n) is 4.08. The average molecular weight is 262 g/mol. The van der Waals surface area contributed by atoms with E-state index in [-0.39, 0.29) is 0 Å². The van der Waals surface area contributed by atoms with E-state index in [0.29, 0.717) is 5.54 Å². The maximum Gasteiger partial charge on any atom is 0.119 e. The Balaban J connectivity index is 2.79. The van der Waals surface area contributed by atoms with Crippen LogP contribution in [0.25, 0.3) is 0 Å². The highest BCUT2D eigenvalue weighted by Crippen LogP contribution is 2.30. The van der Waals surface area contributed by atoms with E-state index in [1.807, 2.05) is 0 Å². The second kappa shape index (κ2) is 7.52. The molecule has 0 saturated carbocycles. The van der Waals surface area contributed by atoms with Gasteiger partial charge in [-0.15, -0.1) is 0 Å². The summed E-state index contributed by atoms with van der Waals surface area (Å²) in [6, 6.07) is 10.8. The van der Waals surface area contributed by atoms with E-state index in [2.05, 4.69) is 50.3 Å². The standard InChI is InChI=1S/C16H26OSi/c1-4-5-7-10-16(13-14-17)18(2,3)15-11-8-6-9-12-15/h6,8-9,11-12,14,16H,4-5,7,10,13H2,1-3H3/t16-/m0/s1. The lowest BCUT2D eigenvalue weighted by Gasteiger charge is -2.32. The van der Waals surface area contributed by atoms with Crippen molar-refractivity contribution < 1.29 is 4.79 Å². The molecular weight excluding hydrogens is 236 g/mol. The van der Waals surface area contributed by atoms with E-state index >= 15 is 0 Å². The maximum absolute atomic E-state index is 10.9. The predicted octanol–water partition coefficient (Wildman–Crippen LogP) is 4.14.